The van der Waals surface area contributed by atoms with Gasteiger partial charge in [-0.15, -0.1) is 0 Å². The number of carbonyl (C=O) groups is 2. The van der Waals surface area contributed by atoms with E-state index in [0.29, 0.717) is 11.3 Å². The molecule has 0 spiro atoms. The monoisotopic (exact) mass is 380 g/mol. The zero-order chi connectivity index (χ0) is 19.4. The Balaban J connectivity index is 1.66. The molecule has 1 heterocycles. The van der Waals surface area contributed by atoms with Crippen molar-refractivity contribution >= 4 is 29.3 Å². The van der Waals surface area contributed by atoms with Gasteiger partial charge >= 0.3 is 0 Å². The van der Waals surface area contributed by atoms with Gasteiger partial charge in [0.15, 0.2) is 5.16 Å². The Hall–Kier alpha value is -3.06. The molecule has 3 rings (SSSR count). The minimum atomic E-state index is -0.499. The number of hydrogen-bond acceptors (Lipinski definition) is 4. The molecule has 0 aliphatic carbocycles. The summed E-state index contributed by atoms with van der Waals surface area (Å²) in [5.41, 5.74) is 8.30. The maximum absolute atomic E-state index is 12.5. The first-order chi connectivity index (χ1) is 13.0. The van der Waals surface area contributed by atoms with Gasteiger partial charge in [0.25, 0.3) is 0 Å². The van der Waals surface area contributed by atoms with Gasteiger partial charge in [-0.25, -0.2) is 4.98 Å². The van der Waals surface area contributed by atoms with Crippen molar-refractivity contribution in [3.8, 4) is 11.3 Å². The Bertz CT molecular complexity index is 952. The van der Waals surface area contributed by atoms with Crippen LogP contribution in [-0.4, -0.2) is 26.6 Å². The highest BCUT2D eigenvalue weighted by Crippen LogP contribution is 2.27. The van der Waals surface area contributed by atoms with Gasteiger partial charge in [0, 0.05) is 18.3 Å². The van der Waals surface area contributed by atoms with E-state index in [1.54, 1.807) is 24.3 Å². The number of hydrogen-bond donors (Lipinski definition) is 2. The van der Waals surface area contributed by atoms with Crippen molar-refractivity contribution in [3.63, 3.8) is 0 Å². The van der Waals surface area contributed by atoms with E-state index in [4.69, 9.17) is 5.73 Å². The number of nitrogens with two attached hydrogens (primary N) is 1. The van der Waals surface area contributed by atoms with E-state index >= 15 is 0 Å². The van der Waals surface area contributed by atoms with Crippen molar-refractivity contribution in [2.45, 2.75) is 17.3 Å². The number of nitrogens with one attached hydrogen (secondary N) is 1. The van der Waals surface area contributed by atoms with Gasteiger partial charge in [-0.1, -0.05) is 42.1 Å². The quantitative estimate of drug-likeness (QED) is 0.642. The standard InChI is InChI=1S/C20H20N4O2S/c1-13(19(26)23-16-10-8-15(9-11-16)18(21)25)27-20-22-12-17(24(20)2)14-6-4-3-5-7-14/h3-13H,1-2H3,(H2,21,25)(H,23,26)/t13-/m1/s1. The van der Waals surface area contributed by atoms with E-state index in [-0.39, 0.29) is 11.2 Å². The van der Waals surface area contributed by atoms with Crippen molar-refractivity contribution in [1.82, 2.24) is 9.55 Å². The van der Waals surface area contributed by atoms with Crippen molar-refractivity contribution < 1.29 is 9.59 Å². The second-order valence-electron chi connectivity index (χ2n) is 6.04. The van der Waals surface area contributed by atoms with E-state index in [1.807, 2.05) is 55.1 Å². The molecule has 0 bridgehead atoms. The highest BCUT2D eigenvalue weighted by atomic mass is 32.2. The van der Waals surface area contributed by atoms with Gasteiger partial charge in [-0.2, -0.15) is 0 Å². The minimum Gasteiger partial charge on any atom is -0.366 e. The number of imidazole rings is 1. The molecule has 0 aliphatic rings. The van der Waals surface area contributed by atoms with Gasteiger partial charge in [0.05, 0.1) is 17.1 Å². The fourth-order valence-electron chi connectivity index (χ4n) is 2.55. The number of benzene rings is 2. The fraction of sp³-hybridized carbons (Fsp3) is 0.150. The van der Waals surface area contributed by atoms with E-state index in [0.717, 1.165) is 16.4 Å². The van der Waals surface area contributed by atoms with Crippen LogP contribution in [0, 0.1) is 0 Å². The Morgan fingerprint density at radius 1 is 1.11 bits per heavy atom. The fourth-order valence-corrected chi connectivity index (χ4v) is 3.40. The van der Waals surface area contributed by atoms with Gasteiger partial charge < -0.3 is 15.6 Å². The first-order valence-electron chi connectivity index (χ1n) is 8.40. The molecule has 0 unspecified atom stereocenters. The van der Waals surface area contributed by atoms with Crippen LogP contribution in [0.25, 0.3) is 11.3 Å². The summed E-state index contributed by atoms with van der Waals surface area (Å²) in [4.78, 5) is 28.0. The summed E-state index contributed by atoms with van der Waals surface area (Å²) < 4.78 is 1.98. The summed E-state index contributed by atoms with van der Waals surface area (Å²) in [6.45, 7) is 1.83. The van der Waals surface area contributed by atoms with Crippen LogP contribution >= 0.6 is 11.8 Å². The first kappa shape index (κ1) is 18.7. The lowest BCUT2D eigenvalue weighted by molar-refractivity contribution is -0.115. The zero-order valence-electron chi connectivity index (χ0n) is 15.0. The number of carbonyl (C=O) groups excluding carboxylic acids is 2. The van der Waals surface area contributed by atoms with Gasteiger partial charge in [0.1, 0.15) is 0 Å². The number of aromatic nitrogens is 2. The van der Waals surface area contributed by atoms with Crippen molar-refractivity contribution in [1.29, 1.82) is 0 Å². The van der Waals surface area contributed by atoms with Crippen LogP contribution in [0.15, 0.2) is 66.0 Å². The molecule has 3 aromatic rings. The molecule has 7 heteroatoms. The maximum atomic E-state index is 12.5. The molecule has 2 amide bonds. The summed E-state index contributed by atoms with van der Waals surface area (Å²) >= 11 is 1.39. The minimum absolute atomic E-state index is 0.143. The number of nitrogens with zero attached hydrogens (tertiary/aromatic N) is 2. The second-order valence-corrected chi connectivity index (χ2v) is 7.35. The molecule has 1 atom stereocenters. The van der Waals surface area contributed by atoms with Crippen LogP contribution in [0.1, 0.15) is 17.3 Å². The molecular weight excluding hydrogens is 360 g/mol. The van der Waals surface area contributed by atoms with E-state index in [9.17, 15) is 9.59 Å². The summed E-state index contributed by atoms with van der Waals surface area (Å²) in [6.07, 6.45) is 1.81. The second kappa shape index (κ2) is 8.09. The van der Waals surface area contributed by atoms with Crippen LogP contribution < -0.4 is 11.1 Å². The summed E-state index contributed by atoms with van der Waals surface area (Å²) in [7, 11) is 1.94. The third kappa shape index (κ3) is 4.38. The SMILES string of the molecule is C[C@@H](Sc1ncc(-c2ccccc2)n1C)C(=O)Nc1ccc(C(N)=O)cc1. The van der Waals surface area contributed by atoms with E-state index < -0.39 is 5.91 Å². The maximum Gasteiger partial charge on any atom is 0.248 e. The lowest BCUT2D eigenvalue weighted by Crippen LogP contribution is -2.23. The Morgan fingerprint density at radius 3 is 2.41 bits per heavy atom. The van der Waals surface area contributed by atoms with Gasteiger partial charge in [-0.3, -0.25) is 9.59 Å². The highest BCUT2D eigenvalue weighted by Gasteiger charge is 2.18. The normalized spacial score (nSPS) is 11.8. The molecule has 0 saturated carbocycles. The molecule has 138 valence electrons. The van der Waals surface area contributed by atoms with Gasteiger partial charge in [0.2, 0.25) is 11.8 Å². The average molecular weight is 380 g/mol. The summed E-state index contributed by atoms with van der Waals surface area (Å²) in [5.74, 6) is -0.642. The smallest absolute Gasteiger partial charge is 0.248 e. The molecule has 1 aromatic heterocycles. The van der Waals surface area contributed by atoms with Crippen molar-refractivity contribution in [2.24, 2.45) is 12.8 Å². The Morgan fingerprint density at radius 2 is 1.78 bits per heavy atom. The third-order valence-electron chi connectivity index (χ3n) is 4.10. The third-order valence-corrected chi connectivity index (χ3v) is 5.26. The predicted octanol–water partition coefficient (Wildman–Crippen LogP) is 3.31. The van der Waals surface area contributed by atoms with Crippen molar-refractivity contribution in [2.75, 3.05) is 5.32 Å². The Kier molecular flexibility index (Phi) is 5.61. The van der Waals surface area contributed by atoms with Crippen LogP contribution in [-0.2, 0) is 11.8 Å². The number of thioether (sulfide) groups is 1. The molecule has 0 saturated heterocycles. The van der Waals surface area contributed by atoms with Crippen LogP contribution in [0.5, 0.6) is 0 Å². The lowest BCUT2D eigenvalue weighted by atomic mass is 10.2. The molecule has 27 heavy (non-hydrogen) atoms. The van der Waals surface area contributed by atoms with Crippen LogP contribution in [0.2, 0.25) is 0 Å². The molecular formula is C20H20N4O2S. The highest BCUT2D eigenvalue weighted by molar-refractivity contribution is 8.00. The zero-order valence-corrected chi connectivity index (χ0v) is 15.9. The van der Waals surface area contributed by atoms with Crippen LogP contribution in [0.4, 0.5) is 5.69 Å². The van der Waals surface area contributed by atoms with Gasteiger partial charge in [-0.05, 0) is 36.8 Å². The summed E-state index contributed by atoms with van der Waals surface area (Å²) in [6, 6.07) is 16.5. The Labute approximate surface area is 161 Å². The first-order valence-corrected chi connectivity index (χ1v) is 9.28. The van der Waals surface area contributed by atoms with E-state index in [1.165, 1.54) is 11.8 Å². The topological polar surface area (TPSA) is 90.0 Å². The van der Waals surface area contributed by atoms with E-state index in [2.05, 4.69) is 10.3 Å². The molecule has 3 N–H and O–H groups in total. The summed E-state index contributed by atoms with van der Waals surface area (Å²) in [5, 5.41) is 3.26. The number of primary amides is 1. The number of rotatable bonds is 6. The van der Waals surface area contributed by atoms with Crippen LogP contribution in [0.3, 0.4) is 0 Å². The molecule has 0 radical (unpaired) electrons. The molecule has 0 aliphatic heterocycles. The van der Waals surface area contributed by atoms with Crippen molar-refractivity contribution in [3.05, 3.63) is 66.4 Å². The number of amides is 2. The lowest BCUT2D eigenvalue weighted by Gasteiger charge is -2.12. The largest absolute Gasteiger partial charge is 0.366 e. The molecule has 2 aromatic carbocycles. The average Bonchev–Trinajstić information content (AvgIpc) is 3.03. The molecule has 6 nitrogen and oxygen atoms in total. The predicted molar refractivity (Wildman–Crippen MR) is 108 cm³/mol. The number of anilines is 1. The molecule has 0 fully saturated rings.